The molecule has 5 heteroatoms. The Morgan fingerprint density at radius 2 is 1.93 bits per heavy atom. The van der Waals surface area contributed by atoms with E-state index in [1.807, 2.05) is 12.1 Å². The number of ether oxygens (including phenoxy) is 1. The Morgan fingerprint density at radius 3 is 2.63 bits per heavy atom. The largest absolute Gasteiger partial charge is 0.497 e. The Bertz CT molecular complexity index is 839. The third kappa shape index (κ3) is 4.02. The van der Waals surface area contributed by atoms with E-state index in [1.54, 1.807) is 7.11 Å². The summed E-state index contributed by atoms with van der Waals surface area (Å²) in [4.78, 5) is 2.73. The van der Waals surface area contributed by atoms with Gasteiger partial charge in [0, 0.05) is 50.3 Å². The molecule has 1 unspecified atom stereocenters. The summed E-state index contributed by atoms with van der Waals surface area (Å²) in [5.74, 6) is 3.09. The first kappa shape index (κ1) is 20.1. The van der Waals surface area contributed by atoms with Crippen molar-refractivity contribution in [3.05, 3.63) is 47.3 Å². The topological polar surface area (TPSA) is 42.3 Å². The van der Waals surface area contributed by atoms with Crippen molar-refractivity contribution < 1.29 is 4.74 Å². The molecule has 0 radical (unpaired) electrons. The Morgan fingerprint density at radius 1 is 1.13 bits per heavy atom. The lowest BCUT2D eigenvalue weighted by Crippen LogP contribution is -2.55. The Hall–Kier alpha value is -1.85. The van der Waals surface area contributed by atoms with E-state index in [2.05, 4.69) is 40.1 Å². The highest BCUT2D eigenvalue weighted by molar-refractivity contribution is 5.27. The summed E-state index contributed by atoms with van der Waals surface area (Å²) >= 11 is 0. The quantitative estimate of drug-likeness (QED) is 0.750. The molecule has 1 aromatic carbocycles. The number of fused-ring (bicyclic) bond motifs is 3. The van der Waals surface area contributed by atoms with Gasteiger partial charge in [0.2, 0.25) is 0 Å². The maximum Gasteiger partial charge on any atom is 0.118 e. The lowest BCUT2D eigenvalue weighted by molar-refractivity contribution is 0.0282. The molecular weight excluding hydrogens is 372 g/mol. The van der Waals surface area contributed by atoms with Crippen LogP contribution in [0.1, 0.15) is 67.3 Å². The Labute approximate surface area is 180 Å². The standard InChI is InChI=1S/C25H36N4O/c1-28-25(14-24(27-28)19-5-3-4-6-19)23-17-29-12-11-20(23)13-21(29)16-26-15-18-7-9-22(30-2)10-8-18/h7-10,14,19-21,23,26H,3-6,11-13,15-17H2,1-2H3/t20-,21+,23+/m0/s1. The molecule has 1 aliphatic carbocycles. The van der Waals surface area contributed by atoms with Crippen molar-refractivity contribution in [2.24, 2.45) is 13.0 Å². The molecule has 1 aromatic heterocycles. The third-order valence-corrected chi connectivity index (χ3v) is 7.83. The highest BCUT2D eigenvalue weighted by Crippen LogP contribution is 2.43. The van der Waals surface area contributed by atoms with E-state index in [1.165, 1.54) is 68.6 Å². The van der Waals surface area contributed by atoms with Crippen LogP contribution >= 0.6 is 0 Å². The van der Waals surface area contributed by atoms with Crippen LogP contribution in [0.5, 0.6) is 5.75 Å². The fourth-order valence-electron chi connectivity index (χ4n) is 6.08. The van der Waals surface area contributed by atoms with Crippen LogP contribution in [0.4, 0.5) is 0 Å². The van der Waals surface area contributed by atoms with Gasteiger partial charge < -0.3 is 10.1 Å². The summed E-state index contributed by atoms with van der Waals surface area (Å²) in [5.41, 5.74) is 4.16. The van der Waals surface area contributed by atoms with Gasteiger partial charge >= 0.3 is 0 Å². The number of piperidine rings is 3. The average Bonchev–Trinajstić information content (AvgIpc) is 3.44. The monoisotopic (exact) mass is 408 g/mol. The summed E-state index contributed by atoms with van der Waals surface area (Å²) in [5, 5.41) is 8.64. The number of rotatable bonds is 7. The predicted octanol–water partition coefficient (Wildman–Crippen LogP) is 4.05. The molecule has 4 atom stereocenters. The molecule has 1 saturated carbocycles. The highest BCUT2D eigenvalue weighted by Gasteiger charge is 2.41. The number of nitrogens with one attached hydrogen (secondary N) is 1. The van der Waals surface area contributed by atoms with Crippen LogP contribution in [-0.4, -0.2) is 47.5 Å². The van der Waals surface area contributed by atoms with Crippen molar-refractivity contribution in [2.45, 2.75) is 62.9 Å². The molecule has 0 amide bonds. The minimum Gasteiger partial charge on any atom is -0.497 e. The summed E-state index contributed by atoms with van der Waals surface area (Å²) in [6.45, 7) is 4.45. The van der Waals surface area contributed by atoms with E-state index in [0.29, 0.717) is 17.9 Å². The maximum absolute atomic E-state index is 5.25. The van der Waals surface area contributed by atoms with E-state index >= 15 is 0 Å². The first-order chi connectivity index (χ1) is 14.7. The lowest BCUT2D eigenvalue weighted by atomic mass is 9.74. The SMILES string of the molecule is COc1ccc(CNC[C@H]2C[C@@H]3CCN2C[C@H]3c2cc(C3CCCC3)nn2C)cc1. The number of hydrogen-bond donors (Lipinski definition) is 1. The molecule has 30 heavy (non-hydrogen) atoms. The molecule has 162 valence electrons. The first-order valence-electron chi connectivity index (χ1n) is 11.8. The normalized spacial score (nSPS) is 28.9. The molecule has 2 bridgehead atoms. The van der Waals surface area contributed by atoms with Gasteiger partial charge in [-0.25, -0.2) is 0 Å². The van der Waals surface area contributed by atoms with Crippen molar-refractivity contribution in [1.29, 1.82) is 0 Å². The van der Waals surface area contributed by atoms with E-state index in [0.717, 1.165) is 24.8 Å². The summed E-state index contributed by atoms with van der Waals surface area (Å²) in [6, 6.07) is 11.5. The molecule has 4 fully saturated rings. The number of aryl methyl sites for hydroxylation is 1. The van der Waals surface area contributed by atoms with Gasteiger partial charge in [-0.15, -0.1) is 0 Å². The van der Waals surface area contributed by atoms with Crippen LogP contribution in [0, 0.1) is 5.92 Å². The van der Waals surface area contributed by atoms with Crippen LogP contribution in [-0.2, 0) is 13.6 Å². The second-order valence-electron chi connectivity index (χ2n) is 9.62. The van der Waals surface area contributed by atoms with E-state index in [9.17, 15) is 0 Å². The number of methoxy groups -OCH3 is 1. The fourth-order valence-corrected chi connectivity index (χ4v) is 6.08. The van der Waals surface area contributed by atoms with Gasteiger partial charge in [-0.1, -0.05) is 25.0 Å². The van der Waals surface area contributed by atoms with Gasteiger partial charge in [-0.2, -0.15) is 5.10 Å². The first-order valence-corrected chi connectivity index (χ1v) is 11.8. The van der Waals surface area contributed by atoms with Crippen molar-refractivity contribution in [2.75, 3.05) is 26.7 Å². The van der Waals surface area contributed by atoms with Gasteiger partial charge in [0.15, 0.2) is 0 Å². The molecule has 4 heterocycles. The smallest absolute Gasteiger partial charge is 0.118 e. The molecule has 3 aliphatic heterocycles. The molecular formula is C25H36N4O. The van der Waals surface area contributed by atoms with Crippen LogP contribution in [0.25, 0.3) is 0 Å². The van der Waals surface area contributed by atoms with Crippen molar-refractivity contribution in [3.63, 3.8) is 0 Å². The minimum atomic E-state index is 0.657. The molecule has 4 aliphatic rings. The van der Waals surface area contributed by atoms with E-state index < -0.39 is 0 Å². The van der Waals surface area contributed by atoms with Crippen LogP contribution in [0.2, 0.25) is 0 Å². The zero-order chi connectivity index (χ0) is 20.5. The molecule has 3 saturated heterocycles. The number of hydrogen-bond acceptors (Lipinski definition) is 4. The van der Waals surface area contributed by atoms with E-state index in [-0.39, 0.29) is 0 Å². The predicted molar refractivity (Wildman–Crippen MR) is 120 cm³/mol. The molecule has 2 aromatic rings. The Kier molecular flexibility index (Phi) is 5.83. The van der Waals surface area contributed by atoms with Gasteiger partial charge in [-0.3, -0.25) is 9.58 Å². The van der Waals surface area contributed by atoms with Crippen LogP contribution in [0.15, 0.2) is 30.3 Å². The van der Waals surface area contributed by atoms with Gasteiger partial charge in [0.05, 0.1) is 12.8 Å². The third-order valence-electron chi connectivity index (χ3n) is 7.83. The van der Waals surface area contributed by atoms with Crippen molar-refractivity contribution in [3.8, 4) is 5.75 Å². The zero-order valence-corrected chi connectivity index (χ0v) is 18.5. The minimum absolute atomic E-state index is 0.657. The second-order valence-corrected chi connectivity index (χ2v) is 9.62. The van der Waals surface area contributed by atoms with Crippen LogP contribution < -0.4 is 10.1 Å². The van der Waals surface area contributed by atoms with Crippen molar-refractivity contribution in [1.82, 2.24) is 20.0 Å². The summed E-state index contributed by atoms with van der Waals surface area (Å²) < 4.78 is 7.46. The van der Waals surface area contributed by atoms with E-state index in [4.69, 9.17) is 9.84 Å². The molecule has 6 rings (SSSR count). The summed E-state index contributed by atoms with van der Waals surface area (Å²) in [6.07, 6.45) is 8.06. The number of nitrogens with zero attached hydrogens (tertiary/aromatic N) is 3. The average molecular weight is 409 g/mol. The van der Waals surface area contributed by atoms with Gasteiger partial charge in [-0.05, 0) is 61.9 Å². The Balaban J connectivity index is 1.18. The molecule has 5 nitrogen and oxygen atoms in total. The van der Waals surface area contributed by atoms with Crippen LogP contribution in [0.3, 0.4) is 0 Å². The van der Waals surface area contributed by atoms with Crippen molar-refractivity contribution >= 4 is 0 Å². The van der Waals surface area contributed by atoms with Gasteiger partial charge in [0.1, 0.15) is 5.75 Å². The second kappa shape index (κ2) is 8.72. The highest BCUT2D eigenvalue weighted by atomic mass is 16.5. The zero-order valence-electron chi connectivity index (χ0n) is 18.5. The number of aromatic nitrogens is 2. The summed E-state index contributed by atoms with van der Waals surface area (Å²) in [7, 11) is 3.88. The lowest BCUT2D eigenvalue weighted by Gasteiger charge is -2.50. The maximum atomic E-state index is 5.25. The molecule has 0 spiro atoms. The van der Waals surface area contributed by atoms with Gasteiger partial charge in [0.25, 0.3) is 0 Å². The number of benzene rings is 1. The molecule has 1 N–H and O–H groups in total. The fraction of sp³-hybridized carbons (Fsp3) is 0.640.